The predicted octanol–water partition coefficient (Wildman–Crippen LogP) is 6.49. The van der Waals surface area contributed by atoms with E-state index in [9.17, 15) is 13.6 Å². The van der Waals surface area contributed by atoms with Crippen molar-refractivity contribution in [3.05, 3.63) is 94.1 Å². The van der Waals surface area contributed by atoms with E-state index >= 15 is 0 Å². The summed E-state index contributed by atoms with van der Waals surface area (Å²) in [6.07, 6.45) is 1.48. The van der Waals surface area contributed by atoms with Crippen molar-refractivity contribution in [1.82, 2.24) is 9.78 Å². The highest BCUT2D eigenvalue weighted by Gasteiger charge is 2.54. The first-order valence-electron chi connectivity index (χ1n) is 9.69. The molecule has 0 spiro atoms. The third-order valence-corrected chi connectivity index (χ3v) is 5.89. The predicted molar refractivity (Wildman–Crippen MR) is 121 cm³/mol. The van der Waals surface area contributed by atoms with Crippen molar-refractivity contribution in [1.29, 1.82) is 5.26 Å². The fourth-order valence-corrected chi connectivity index (χ4v) is 4.26. The summed E-state index contributed by atoms with van der Waals surface area (Å²) in [5.74, 6) is -5.07. The molecule has 0 radical (unpaired) electrons. The molecule has 2 heterocycles. The van der Waals surface area contributed by atoms with Gasteiger partial charge in [0, 0.05) is 10.6 Å². The second kappa shape index (κ2) is 7.69. The number of amides is 1. The number of carbonyl (C=O) groups is 1. The van der Waals surface area contributed by atoms with Crippen LogP contribution in [0.1, 0.15) is 11.1 Å². The number of halogens is 4. The number of benzene rings is 3. The van der Waals surface area contributed by atoms with Crippen molar-refractivity contribution in [2.24, 2.45) is 0 Å². The Balaban J connectivity index is 1.75. The summed E-state index contributed by atoms with van der Waals surface area (Å²) in [7, 11) is 0. The van der Waals surface area contributed by atoms with Crippen molar-refractivity contribution < 1.29 is 13.6 Å². The molecule has 0 unspecified atom stereocenters. The van der Waals surface area contributed by atoms with Crippen LogP contribution in [0.4, 0.5) is 20.2 Å². The first kappa shape index (κ1) is 21.1. The number of nitriles is 1. The van der Waals surface area contributed by atoms with Crippen LogP contribution in [0.15, 0.2) is 72.9 Å². The maximum absolute atomic E-state index is 14.9. The van der Waals surface area contributed by atoms with Gasteiger partial charge >= 0.3 is 11.8 Å². The van der Waals surface area contributed by atoms with E-state index in [0.717, 1.165) is 4.90 Å². The molecule has 33 heavy (non-hydrogen) atoms. The molecule has 4 aromatic rings. The molecule has 0 saturated heterocycles. The minimum absolute atomic E-state index is 0.0678. The molecule has 1 aliphatic rings. The van der Waals surface area contributed by atoms with Gasteiger partial charge in [0.25, 0.3) is 0 Å². The fraction of sp³-hybridized carbons (Fsp3) is 0.0417. The van der Waals surface area contributed by atoms with Crippen LogP contribution in [0.3, 0.4) is 0 Å². The molecule has 9 heteroatoms. The number of aromatic nitrogens is 2. The van der Waals surface area contributed by atoms with Gasteiger partial charge in [0.15, 0.2) is 0 Å². The maximum Gasteiger partial charge on any atom is 0.352 e. The van der Waals surface area contributed by atoms with Crippen molar-refractivity contribution in [2.75, 3.05) is 4.90 Å². The van der Waals surface area contributed by atoms with E-state index < -0.39 is 11.8 Å². The standard InChI is InChI=1S/C24H12Cl2F2N4O/c25-15-7-10-17(19(26)11-15)22-21(13-31(30-22)16-8-5-14(12-29)6-9-16)32-20-4-2-1-3-18(20)24(27,28)23(32)33/h1-11,13H. The summed E-state index contributed by atoms with van der Waals surface area (Å²) in [6, 6.07) is 19.0. The average Bonchev–Trinajstić information content (AvgIpc) is 3.31. The molecule has 3 aromatic carbocycles. The van der Waals surface area contributed by atoms with Crippen LogP contribution >= 0.6 is 23.2 Å². The van der Waals surface area contributed by atoms with Crippen molar-refractivity contribution in [3.8, 4) is 23.0 Å². The number of anilines is 2. The summed E-state index contributed by atoms with van der Waals surface area (Å²) in [4.78, 5) is 13.8. The zero-order valence-electron chi connectivity index (χ0n) is 16.6. The van der Waals surface area contributed by atoms with E-state index in [1.807, 2.05) is 6.07 Å². The number of rotatable bonds is 3. The van der Waals surface area contributed by atoms with Crippen LogP contribution in [-0.4, -0.2) is 15.7 Å². The van der Waals surface area contributed by atoms with E-state index in [-0.39, 0.29) is 27.7 Å². The Hall–Kier alpha value is -3.73. The Bertz CT molecular complexity index is 1460. The molecule has 5 rings (SSSR count). The lowest BCUT2D eigenvalue weighted by atomic mass is 10.1. The zero-order chi connectivity index (χ0) is 23.3. The second-order valence-electron chi connectivity index (χ2n) is 7.32. The molecular formula is C24H12Cl2F2N4O. The van der Waals surface area contributed by atoms with E-state index in [0.29, 0.717) is 21.8 Å². The van der Waals surface area contributed by atoms with Gasteiger partial charge in [-0.2, -0.15) is 19.1 Å². The lowest BCUT2D eigenvalue weighted by molar-refractivity contribution is -0.140. The molecule has 1 amide bonds. The third-order valence-electron chi connectivity index (χ3n) is 5.34. The summed E-state index contributed by atoms with van der Waals surface area (Å²) in [5.41, 5.74) is 1.49. The summed E-state index contributed by atoms with van der Waals surface area (Å²) < 4.78 is 31.2. The first-order valence-corrected chi connectivity index (χ1v) is 10.4. The lowest BCUT2D eigenvalue weighted by Crippen LogP contribution is -2.31. The Morgan fingerprint density at radius 3 is 2.39 bits per heavy atom. The minimum atomic E-state index is -3.69. The van der Waals surface area contributed by atoms with Gasteiger partial charge in [-0.1, -0.05) is 41.4 Å². The highest BCUT2D eigenvalue weighted by molar-refractivity contribution is 6.36. The van der Waals surface area contributed by atoms with Gasteiger partial charge in [0.05, 0.1) is 45.5 Å². The van der Waals surface area contributed by atoms with Crippen LogP contribution in [0.5, 0.6) is 0 Å². The van der Waals surface area contributed by atoms with Crippen molar-refractivity contribution in [2.45, 2.75) is 5.92 Å². The highest BCUT2D eigenvalue weighted by Crippen LogP contribution is 2.49. The lowest BCUT2D eigenvalue weighted by Gasteiger charge is -2.17. The molecule has 0 saturated carbocycles. The van der Waals surface area contributed by atoms with Gasteiger partial charge in [-0.15, -0.1) is 0 Å². The van der Waals surface area contributed by atoms with Gasteiger partial charge in [-0.25, -0.2) is 4.68 Å². The molecule has 1 aliphatic heterocycles. The molecule has 5 nitrogen and oxygen atoms in total. The quantitative estimate of drug-likeness (QED) is 0.336. The molecule has 1 aromatic heterocycles. The summed E-state index contributed by atoms with van der Waals surface area (Å²) in [5, 5.41) is 14.3. The maximum atomic E-state index is 14.9. The Labute approximate surface area is 197 Å². The van der Waals surface area contributed by atoms with Crippen LogP contribution in [0.25, 0.3) is 16.9 Å². The van der Waals surface area contributed by atoms with Gasteiger partial charge in [0.2, 0.25) is 0 Å². The van der Waals surface area contributed by atoms with E-state index in [1.165, 1.54) is 35.1 Å². The Kier molecular flexibility index (Phi) is 4.93. The number of alkyl halides is 2. The molecule has 0 atom stereocenters. The Morgan fingerprint density at radius 2 is 1.70 bits per heavy atom. The largest absolute Gasteiger partial charge is 0.352 e. The number of carbonyl (C=O) groups excluding carboxylic acids is 1. The van der Waals surface area contributed by atoms with Crippen LogP contribution in [-0.2, 0) is 10.7 Å². The monoisotopic (exact) mass is 480 g/mol. The first-order chi connectivity index (χ1) is 15.8. The normalized spacial score (nSPS) is 14.3. The van der Waals surface area contributed by atoms with E-state index in [4.69, 9.17) is 28.5 Å². The number of nitrogens with zero attached hydrogens (tertiary/aromatic N) is 4. The minimum Gasteiger partial charge on any atom is -0.271 e. The topological polar surface area (TPSA) is 61.9 Å². The van der Waals surface area contributed by atoms with Crippen molar-refractivity contribution >= 4 is 40.5 Å². The number of hydrogen-bond acceptors (Lipinski definition) is 3. The van der Waals surface area contributed by atoms with E-state index in [2.05, 4.69) is 5.10 Å². The Morgan fingerprint density at radius 1 is 0.970 bits per heavy atom. The molecule has 162 valence electrons. The third kappa shape index (κ3) is 3.35. The highest BCUT2D eigenvalue weighted by atomic mass is 35.5. The van der Waals surface area contributed by atoms with Gasteiger partial charge in [0.1, 0.15) is 5.69 Å². The average molecular weight is 481 g/mol. The van der Waals surface area contributed by atoms with Gasteiger partial charge in [-0.05, 0) is 48.5 Å². The fourth-order valence-electron chi connectivity index (χ4n) is 3.76. The molecular weight excluding hydrogens is 469 g/mol. The number of para-hydroxylation sites is 1. The van der Waals surface area contributed by atoms with Crippen molar-refractivity contribution in [3.63, 3.8) is 0 Å². The van der Waals surface area contributed by atoms with Gasteiger partial charge in [-0.3, -0.25) is 9.69 Å². The van der Waals surface area contributed by atoms with E-state index in [1.54, 1.807) is 42.5 Å². The SMILES string of the molecule is N#Cc1ccc(-n2cc(N3C(=O)C(F)(F)c4ccccc43)c(-c3ccc(Cl)cc3Cl)n2)cc1. The smallest absolute Gasteiger partial charge is 0.271 e. The van der Waals surface area contributed by atoms with Crippen LogP contribution in [0, 0.1) is 11.3 Å². The molecule has 0 N–H and O–H groups in total. The van der Waals surface area contributed by atoms with Crippen LogP contribution in [0.2, 0.25) is 10.0 Å². The summed E-state index contributed by atoms with van der Waals surface area (Å²) >= 11 is 12.4. The molecule has 0 bridgehead atoms. The number of hydrogen-bond donors (Lipinski definition) is 0. The molecule has 0 fully saturated rings. The van der Waals surface area contributed by atoms with Gasteiger partial charge < -0.3 is 0 Å². The van der Waals surface area contributed by atoms with Crippen LogP contribution < -0.4 is 4.90 Å². The number of fused-ring (bicyclic) bond motifs is 1. The molecule has 0 aliphatic carbocycles. The second-order valence-corrected chi connectivity index (χ2v) is 8.17. The zero-order valence-corrected chi connectivity index (χ0v) is 18.1. The summed E-state index contributed by atoms with van der Waals surface area (Å²) in [6.45, 7) is 0.